The molecule has 94 valence electrons. The van der Waals surface area contributed by atoms with Crippen LogP contribution in [0.3, 0.4) is 0 Å². The first kappa shape index (κ1) is 13.9. The van der Waals surface area contributed by atoms with Crippen molar-refractivity contribution in [1.82, 2.24) is 0 Å². The van der Waals surface area contributed by atoms with Crippen molar-refractivity contribution in [3.05, 3.63) is 21.7 Å². The Balaban J connectivity index is 3.00. The Morgan fingerprint density at radius 3 is 2.59 bits per heavy atom. The second kappa shape index (κ2) is 5.98. The number of carbonyl (C=O) groups is 1. The number of phenolic OH excluding ortho intramolecular Hbond substituents is 1. The quantitative estimate of drug-likeness (QED) is 0.861. The molecule has 17 heavy (non-hydrogen) atoms. The maximum absolute atomic E-state index is 11.0. The summed E-state index contributed by atoms with van der Waals surface area (Å²) in [7, 11) is 2.70. The van der Waals surface area contributed by atoms with Crippen molar-refractivity contribution in [2.75, 3.05) is 14.2 Å². The lowest BCUT2D eigenvalue weighted by Gasteiger charge is -2.11. The maximum Gasteiger partial charge on any atom is 0.305 e. The normalized spacial score (nSPS) is 10.1. The van der Waals surface area contributed by atoms with Crippen molar-refractivity contribution < 1.29 is 19.4 Å². The molecule has 0 bridgehead atoms. The van der Waals surface area contributed by atoms with Gasteiger partial charge < -0.3 is 14.6 Å². The first-order chi connectivity index (χ1) is 8.01. The van der Waals surface area contributed by atoms with Crippen molar-refractivity contribution in [3.63, 3.8) is 0 Å². The topological polar surface area (TPSA) is 55.8 Å². The van der Waals surface area contributed by atoms with E-state index >= 15 is 0 Å². The van der Waals surface area contributed by atoms with Crippen LogP contribution < -0.4 is 4.74 Å². The molecule has 0 spiro atoms. The van der Waals surface area contributed by atoms with E-state index in [-0.39, 0.29) is 28.9 Å². The highest BCUT2D eigenvalue weighted by Crippen LogP contribution is 2.41. The van der Waals surface area contributed by atoms with Gasteiger partial charge in [0, 0.05) is 17.5 Å². The number of esters is 1. The second-order valence-electron chi connectivity index (χ2n) is 3.28. The van der Waals surface area contributed by atoms with E-state index in [1.807, 2.05) is 0 Å². The van der Waals surface area contributed by atoms with Gasteiger partial charge in [-0.3, -0.25) is 4.79 Å². The molecule has 0 aromatic heterocycles. The fourth-order valence-corrected chi connectivity index (χ4v) is 1.97. The van der Waals surface area contributed by atoms with E-state index in [1.54, 1.807) is 0 Å². The van der Waals surface area contributed by atoms with Gasteiger partial charge in [-0.25, -0.2) is 0 Å². The Labute approximate surface area is 109 Å². The van der Waals surface area contributed by atoms with E-state index in [9.17, 15) is 9.90 Å². The third-order valence-electron chi connectivity index (χ3n) is 2.28. The van der Waals surface area contributed by atoms with Gasteiger partial charge in [-0.05, 0) is 12.0 Å². The molecule has 0 unspecified atom stereocenters. The van der Waals surface area contributed by atoms with E-state index in [2.05, 4.69) is 4.74 Å². The molecule has 0 fully saturated rings. The minimum atomic E-state index is -0.368. The van der Waals surface area contributed by atoms with Crippen molar-refractivity contribution in [2.24, 2.45) is 0 Å². The average Bonchev–Trinajstić information content (AvgIpc) is 2.33. The standard InChI is InChI=1S/C11H12Cl2O4/c1-16-8-5-7(12)6(10(13)11(8)15)3-4-9(14)17-2/h5,15H,3-4H2,1-2H3. The molecule has 0 aliphatic rings. The summed E-state index contributed by atoms with van der Waals surface area (Å²) in [6.45, 7) is 0. The molecule has 1 aromatic rings. The minimum Gasteiger partial charge on any atom is -0.503 e. The van der Waals surface area contributed by atoms with Gasteiger partial charge >= 0.3 is 5.97 Å². The lowest BCUT2D eigenvalue weighted by Crippen LogP contribution is -2.03. The molecule has 0 aliphatic carbocycles. The van der Waals surface area contributed by atoms with E-state index in [0.717, 1.165) is 0 Å². The number of benzene rings is 1. The van der Waals surface area contributed by atoms with Crippen LogP contribution >= 0.6 is 23.2 Å². The van der Waals surface area contributed by atoms with Gasteiger partial charge in [0.2, 0.25) is 0 Å². The van der Waals surface area contributed by atoms with Crippen molar-refractivity contribution in [3.8, 4) is 11.5 Å². The summed E-state index contributed by atoms with van der Waals surface area (Å²) in [5.74, 6) is -0.354. The molecule has 1 rings (SSSR count). The van der Waals surface area contributed by atoms with Gasteiger partial charge in [-0.15, -0.1) is 0 Å². The van der Waals surface area contributed by atoms with Gasteiger partial charge in [0.15, 0.2) is 11.5 Å². The molecule has 1 aromatic carbocycles. The van der Waals surface area contributed by atoms with Gasteiger partial charge in [-0.2, -0.15) is 0 Å². The van der Waals surface area contributed by atoms with Gasteiger partial charge in [0.25, 0.3) is 0 Å². The number of rotatable bonds is 4. The van der Waals surface area contributed by atoms with Crippen molar-refractivity contribution >= 4 is 29.2 Å². The second-order valence-corrected chi connectivity index (χ2v) is 4.06. The summed E-state index contributed by atoms with van der Waals surface area (Å²) in [5.41, 5.74) is 0.497. The number of phenols is 1. The highest BCUT2D eigenvalue weighted by molar-refractivity contribution is 6.37. The van der Waals surface area contributed by atoms with Crippen LogP contribution in [0.2, 0.25) is 10.0 Å². The van der Waals surface area contributed by atoms with Crippen LogP contribution in [0, 0.1) is 0 Å². The molecule has 4 nitrogen and oxygen atoms in total. The summed E-state index contributed by atoms with van der Waals surface area (Å²) in [6.07, 6.45) is 0.434. The van der Waals surface area contributed by atoms with E-state index in [4.69, 9.17) is 27.9 Å². The summed E-state index contributed by atoms with van der Waals surface area (Å²) >= 11 is 11.9. The predicted molar refractivity (Wildman–Crippen MR) is 65.0 cm³/mol. The fourth-order valence-electron chi connectivity index (χ4n) is 1.34. The van der Waals surface area contributed by atoms with E-state index in [0.29, 0.717) is 17.0 Å². The van der Waals surface area contributed by atoms with E-state index < -0.39 is 0 Å². The zero-order valence-electron chi connectivity index (χ0n) is 9.42. The summed E-state index contributed by atoms with van der Waals surface area (Å²) in [4.78, 5) is 11.0. The van der Waals surface area contributed by atoms with Crippen LogP contribution in [0.5, 0.6) is 11.5 Å². The van der Waals surface area contributed by atoms with E-state index in [1.165, 1.54) is 20.3 Å². The monoisotopic (exact) mass is 278 g/mol. The number of ether oxygens (including phenoxy) is 2. The Hall–Kier alpha value is -1.13. The molecule has 0 saturated carbocycles. The van der Waals surface area contributed by atoms with Gasteiger partial charge in [0.05, 0.1) is 19.2 Å². The molecule has 6 heteroatoms. The minimum absolute atomic E-state index is 0.0956. The van der Waals surface area contributed by atoms with Crippen LogP contribution in [0.15, 0.2) is 6.07 Å². The number of hydrogen-bond acceptors (Lipinski definition) is 4. The SMILES string of the molecule is COC(=O)CCc1c(Cl)cc(OC)c(O)c1Cl. The highest BCUT2D eigenvalue weighted by Gasteiger charge is 2.16. The van der Waals surface area contributed by atoms with Gasteiger partial charge in [-0.1, -0.05) is 23.2 Å². The summed E-state index contributed by atoms with van der Waals surface area (Å²) in [6, 6.07) is 1.45. The Morgan fingerprint density at radius 2 is 2.06 bits per heavy atom. The predicted octanol–water partition coefficient (Wildman–Crippen LogP) is 2.81. The molecule has 0 atom stereocenters. The Morgan fingerprint density at radius 1 is 1.41 bits per heavy atom. The number of halogens is 2. The van der Waals surface area contributed by atoms with Crippen LogP contribution in [-0.2, 0) is 16.0 Å². The number of hydrogen-bond donors (Lipinski definition) is 1. The zero-order chi connectivity index (χ0) is 13.0. The molecule has 0 saturated heterocycles. The highest BCUT2D eigenvalue weighted by atomic mass is 35.5. The largest absolute Gasteiger partial charge is 0.503 e. The van der Waals surface area contributed by atoms with Crippen LogP contribution in [-0.4, -0.2) is 25.3 Å². The molecule has 0 amide bonds. The number of aromatic hydroxyl groups is 1. The molecular weight excluding hydrogens is 267 g/mol. The molecule has 0 aliphatic heterocycles. The van der Waals surface area contributed by atoms with Gasteiger partial charge in [0.1, 0.15) is 0 Å². The smallest absolute Gasteiger partial charge is 0.305 e. The average molecular weight is 279 g/mol. The summed E-state index contributed by atoms with van der Waals surface area (Å²) < 4.78 is 9.41. The lowest BCUT2D eigenvalue weighted by molar-refractivity contribution is -0.140. The molecule has 1 N–H and O–H groups in total. The Bertz CT molecular complexity index is 432. The molecule has 0 radical (unpaired) electrons. The van der Waals surface area contributed by atoms with Crippen LogP contribution in [0.25, 0.3) is 0 Å². The van der Waals surface area contributed by atoms with Crippen molar-refractivity contribution in [1.29, 1.82) is 0 Å². The number of carbonyl (C=O) groups excluding carboxylic acids is 1. The van der Waals surface area contributed by atoms with Crippen molar-refractivity contribution in [2.45, 2.75) is 12.8 Å². The fraction of sp³-hybridized carbons (Fsp3) is 0.364. The first-order valence-corrected chi connectivity index (χ1v) is 5.57. The van der Waals surface area contributed by atoms with Crippen LogP contribution in [0.1, 0.15) is 12.0 Å². The van der Waals surface area contributed by atoms with Crippen LogP contribution in [0.4, 0.5) is 0 Å². The first-order valence-electron chi connectivity index (χ1n) is 4.81. The summed E-state index contributed by atoms with van der Waals surface area (Å²) in [5, 5.41) is 10.1. The number of methoxy groups -OCH3 is 2. The molecular formula is C11H12Cl2O4. The Kier molecular flexibility index (Phi) is 4.90. The third-order valence-corrected chi connectivity index (χ3v) is 3.02. The third kappa shape index (κ3) is 3.17. The lowest BCUT2D eigenvalue weighted by atomic mass is 10.1. The molecule has 0 heterocycles. The maximum atomic E-state index is 11.0. The zero-order valence-corrected chi connectivity index (χ0v) is 10.9.